The Morgan fingerprint density at radius 1 is 1.14 bits per heavy atom. The van der Waals surface area contributed by atoms with Crippen molar-refractivity contribution in [2.75, 3.05) is 20.8 Å². The van der Waals surface area contributed by atoms with Crippen molar-refractivity contribution in [1.82, 2.24) is 4.57 Å². The minimum atomic E-state index is -0.900. The molecular formula is C31H29N3O8S. The fraction of sp³-hybridized carbons (Fsp3) is 0.258. The Labute approximate surface area is 250 Å². The first-order valence-electron chi connectivity index (χ1n) is 13.6. The number of furan rings is 1. The highest BCUT2D eigenvalue weighted by atomic mass is 32.1. The van der Waals surface area contributed by atoms with Gasteiger partial charge in [-0.05, 0) is 49.7 Å². The van der Waals surface area contributed by atoms with E-state index in [4.69, 9.17) is 23.6 Å². The van der Waals surface area contributed by atoms with Crippen LogP contribution < -0.4 is 24.4 Å². The first kappa shape index (κ1) is 29.5. The summed E-state index contributed by atoms with van der Waals surface area (Å²) in [5, 5.41) is 11.5. The monoisotopic (exact) mass is 603 g/mol. The van der Waals surface area contributed by atoms with E-state index in [9.17, 15) is 19.7 Å². The van der Waals surface area contributed by atoms with E-state index in [0.717, 1.165) is 11.3 Å². The van der Waals surface area contributed by atoms with E-state index in [-0.39, 0.29) is 17.9 Å². The molecule has 0 N–H and O–H groups in total. The summed E-state index contributed by atoms with van der Waals surface area (Å²) in [4.78, 5) is 43.7. The number of nitro benzene ring substituents is 1. The number of carbonyl (C=O) groups excluding carboxylic acids is 1. The van der Waals surface area contributed by atoms with Crippen molar-refractivity contribution in [2.24, 2.45) is 4.99 Å². The molecule has 5 rings (SSSR count). The average Bonchev–Trinajstić information content (AvgIpc) is 3.60. The SMILES string of the molecule is CCCC1=C(C(=O)OCC)[C@@H](c2cc(OC)ccc2OC)n2c(s/c(=C\c3ccc(-c4ccccc4[N+](=O)[O-])o3)c2=O)=N1. The number of aromatic nitrogens is 1. The topological polar surface area (TPSA) is 135 Å². The van der Waals surface area contributed by atoms with Crippen LogP contribution in [0.15, 0.2) is 80.1 Å². The Hall–Kier alpha value is -4.97. The Morgan fingerprint density at radius 2 is 1.93 bits per heavy atom. The molecule has 1 aliphatic rings. The zero-order valence-corrected chi connectivity index (χ0v) is 24.8. The van der Waals surface area contributed by atoms with E-state index < -0.39 is 22.5 Å². The summed E-state index contributed by atoms with van der Waals surface area (Å²) < 4.78 is 24.3. The summed E-state index contributed by atoms with van der Waals surface area (Å²) in [6.45, 7) is 3.85. The minimum absolute atomic E-state index is 0.0926. The molecule has 1 atom stereocenters. The molecule has 2 aromatic carbocycles. The van der Waals surface area contributed by atoms with Crippen molar-refractivity contribution >= 4 is 29.1 Å². The van der Waals surface area contributed by atoms with Gasteiger partial charge in [-0.1, -0.05) is 36.8 Å². The first-order chi connectivity index (χ1) is 20.8. The molecular weight excluding hydrogens is 574 g/mol. The second-order valence-electron chi connectivity index (χ2n) is 9.50. The summed E-state index contributed by atoms with van der Waals surface area (Å²) in [7, 11) is 3.05. The van der Waals surface area contributed by atoms with E-state index in [1.807, 2.05) is 6.92 Å². The third-order valence-electron chi connectivity index (χ3n) is 6.89. The third-order valence-corrected chi connectivity index (χ3v) is 7.87. The molecule has 0 unspecified atom stereocenters. The van der Waals surface area contributed by atoms with Gasteiger partial charge in [-0.3, -0.25) is 19.5 Å². The van der Waals surface area contributed by atoms with Crippen LogP contribution in [-0.2, 0) is 9.53 Å². The molecule has 0 spiro atoms. The molecule has 3 heterocycles. The lowest BCUT2D eigenvalue weighted by molar-refractivity contribution is -0.384. The van der Waals surface area contributed by atoms with Gasteiger partial charge in [0.2, 0.25) is 0 Å². The number of fused-ring (bicyclic) bond motifs is 1. The number of hydrogen-bond acceptors (Lipinski definition) is 10. The molecule has 222 valence electrons. The van der Waals surface area contributed by atoms with Crippen molar-refractivity contribution < 1.29 is 28.3 Å². The normalized spacial score (nSPS) is 14.7. The largest absolute Gasteiger partial charge is 0.497 e. The van der Waals surface area contributed by atoms with Gasteiger partial charge < -0.3 is 18.6 Å². The van der Waals surface area contributed by atoms with E-state index in [2.05, 4.69) is 0 Å². The lowest BCUT2D eigenvalue weighted by Crippen LogP contribution is -2.40. The van der Waals surface area contributed by atoms with Crippen LogP contribution >= 0.6 is 11.3 Å². The molecule has 0 saturated carbocycles. The van der Waals surface area contributed by atoms with Crippen LogP contribution in [0.3, 0.4) is 0 Å². The summed E-state index contributed by atoms with van der Waals surface area (Å²) in [6.07, 6.45) is 2.76. The highest BCUT2D eigenvalue weighted by Gasteiger charge is 2.36. The fourth-order valence-electron chi connectivity index (χ4n) is 5.01. The summed E-state index contributed by atoms with van der Waals surface area (Å²) in [5.41, 5.74) is 1.15. The smallest absolute Gasteiger partial charge is 0.338 e. The number of allylic oxidation sites excluding steroid dienone is 1. The number of ether oxygens (including phenoxy) is 3. The minimum Gasteiger partial charge on any atom is -0.497 e. The number of carbonyl (C=O) groups is 1. The number of thiazole rings is 1. The zero-order chi connectivity index (χ0) is 30.7. The van der Waals surface area contributed by atoms with Crippen molar-refractivity contribution in [2.45, 2.75) is 32.7 Å². The Bertz CT molecular complexity index is 1920. The van der Waals surface area contributed by atoms with E-state index in [1.54, 1.807) is 61.5 Å². The van der Waals surface area contributed by atoms with Gasteiger partial charge in [-0.25, -0.2) is 9.79 Å². The molecule has 0 aliphatic carbocycles. The van der Waals surface area contributed by atoms with E-state index in [1.165, 1.54) is 24.9 Å². The van der Waals surface area contributed by atoms with Crippen LogP contribution in [0.2, 0.25) is 0 Å². The molecule has 4 aromatic rings. The van der Waals surface area contributed by atoms with Gasteiger partial charge in [0.05, 0.1) is 47.1 Å². The maximum atomic E-state index is 14.1. The number of nitrogens with zero attached hydrogens (tertiary/aromatic N) is 3. The van der Waals surface area contributed by atoms with Gasteiger partial charge in [0.1, 0.15) is 29.1 Å². The quantitative estimate of drug-likeness (QED) is 0.144. The van der Waals surface area contributed by atoms with Crippen molar-refractivity contribution in [1.29, 1.82) is 0 Å². The highest BCUT2D eigenvalue weighted by molar-refractivity contribution is 7.07. The number of para-hydroxylation sites is 1. The van der Waals surface area contributed by atoms with Crippen LogP contribution in [0, 0.1) is 10.1 Å². The van der Waals surface area contributed by atoms with Crippen LogP contribution in [0.4, 0.5) is 5.69 Å². The summed E-state index contributed by atoms with van der Waals surface area (Å²) in [5.74, 6) is 1.03. The number of rotatable bonds is 10. The Morgan fingerprint density at radius 3 is 2.63 bits per heavy atom. The highest BCUT2D eigenvalue weighted by Crippen LogP contribution is 2.39. The van der Waals surface area contributed by atoms with Gasteiger partial charge in [0.25, 0.3) is 11.2 Å². The predicted octanol–water partition coefficient (Wildman–Crippen LogP) is 4.76. The average molecular weight is 604 g/mol. The number of benzene rings is 2. The lowest BCUT2D eigenvalue weighted by atomic mass is 9.93. The number of hydrogen-bond donors (Lipinski definition) is 0. The van der Waals surface area contributed by atoms with Crippen LogP contribution in [0.1, 0.15) is 44.1 Å². The molecule has 1 aliphatic heterocycles. The van der Waals surface area contributed by atoms with Crippen LogP contribution in [-0.4, -0.2) is 36.3 Å². The molecule has 0 radical (unpaired) electrons. The Kier molecular flexibility index (Phi) is 8.58. The zero-order valence-electron chi connectivity index (χ0n) is 24.0. The van der Waals surface area contributed by atoms with Gasteiger partial charge in [-0.15, -0.1) is 0 Å². The molecule has 2 aromatic heterocycles. The molecule has 12 heteroatoms. The second kappa shape index (κ2) is 12.5. The number of nitro groups is 1. The lowest BCUT2D eigenvalue weighted by Gasteiger charge is -2.27. The fourth-order valence-corrected chi connectivity index (χ4v) is 6.01. The third kappa shape index (κ3) is 5.61. The second-order valence-corrected chi connectivity index (χ2v) is 10.5. The molecule has 11 nitrogen and oxygen atoms in total. The molecule has 0 amide bonds. The predicted molar refractivity (Wildman–Crippen MR) is 160 cm³/mol. The molecule has 0 bridgehead atoms. The molecule has 0 fully saturated rings. The maximum absolute atomic E-state index is 14.1. The number of esters is 1. The van der Waals surface area contributed by atoms with Crippen LogP contribution in [0.5, 0.6) is 11.5 Å². The van der Waals surface area contributed by atoms with Crippen molar-refractivity contribution in [3.63, 3.8) is 0 Å². The molecule has 43 heavy (non-hydrogen) atoms. The summed E-state index contributed by atoms with van der Waals surface area (Å²) >= 11 is 1.15. The first-order valence-corrected chi connectivity index (χ1v) is 14.4. The van der Waals surface area contributed by atoms with Gasteiger partial charge >= 0.3 is 5.97 Å². The standard InChI is InChI=1S/C31H29N3O8S/c1-5-9-22-27(30(36)41-6-2)28(21-16-18(39-3)12-14-24(21)40-4)33-29(35)26(43-31(33)32-22)17-19-13-15-25(42-19)20-10-7-8-11-23(20)34(37)38/h7-8,10-17,28H,5-6,9H2,1-4H3/b26-17-/t28-/m1/s1. The molecule has 0 saturated heterocycles. The number of methoxy groups -OCH3 is 2. The maximum Gasteiger partial charge on any atom is 0.338 e. The summed E-state index contributed by atoms with van der Waals surface area (Å²) in [6, 6.07) is 13.8. The van der Waals surface area contributed by atoms with E-state index in [0.29, 0.717) is 62.0 Å². The van der Waals surface area contributed by atoms with Gasteiger partial charge in [0, 0.05) is 17.7 Å². The van der Waals surface area contributed by atoms with Crippen LogP contribution in [0.25, 0.3) is 17.4 Å². The van der Waals surface area contributed by atoms with Crippen molar-refractivity contribution in [3.8, 4) is 22.8 Å². The Balaban J connectivity index is 1.72. The van der Waals surface area contributed by atoms with Gasteiger partial charge in [-0.2, -0.15) is 0 Å². The van der Waals surface area contributed by atoms with Gasteiger partial charge in [0.15, 0.2) is 4.80 Å². The van der Waals surface area contributed by atoms with E-state index >= 15 is 0 Å². The van der Waals surface area contributed by atoms with Crippen molar-refractivity contribution in [3.05, 3.63) is 107 Å².